The maximum absolute atomic E-state index is 13.6. The molecule has 10 heteroatoms. The van der Waals surface area contributed by atoms with Crippen molar-refractivity contribution in [2.75, 3.05) is 23.4 Å². The van der Waals surface area contributed by atoms with Gasteiger partial charge >= 0.3 is 0 Å². The number of hydrogen-bond acceptors (Lipinski definition) is 4. The van der Waals surface area contributed by atoms with E-state index in [-0.39, 0.29) is 18.2 Å². The van der Waals surface area contributed by atoms with Crippen LogP contribution in [0.3, 0.4) is 0 Å². The van der Waals surface area contributed by atoms with E-state index in [1.54, 1.807) is 65.6 Å². The van der Waals surface area contributed by atoms with E-state index >= 15 is 0 Å². The quantitative estimate of drug-likeness (QED) is 0.290. The summed E-state index contributed by atoms with van der Waals surface area (Å²) in [6.07, 6.45) is 0.418. The van der Waals surface area contributed by atoms with Crippen LogP contribution in [0.1, 0.15) is 18.9 Å². The molecule has 0 aromatic heterocycles. The summed E-state index contributed by atoms with van der Waals surface area (Å²) in [4.78, 5) is 29.8. The molecular formula is C27H24Cl3N3O3S. The Kier molecular flexibility index (Phi) is 8.92. The van der Waals surface area contributed by atoms with Crippen LogP contribution >= 0.6 is 47.0 Å². The number of carbonyl (C=O) groups is 2. The van der Waals surface area contributed by atoms with Crippen LogP contribution in [0.2, 0.25) is 15.1 Å². The second-order valence-corrected chi connectivity index (χ2v) is 9.99. The van der Waals surface area contributed by atoms with Crippen LogP contribution in [0.5, 0.6) is 5.75 Å². The van der Waals surface area contributed by atoms with E-state index in [1.165, 1.54) is 4.90 Å². The van der Waals surface area contributed by atoms with Crippen LogP contribution in [-0.2, 0) is 16.0 Å². The molecule has 2 amide bonds. The molecule has 1 aliphatic rings. The highest BCUT2D eigenvalue weighted by Crippen LogP contribution is 2.30. The lowest BCUT2D eigenvalue weighted by molar-refractivity contribution is -0.124. The number of hydrogen-bond donors (Lipinski definition) is 1. The number of anilines is 2. The second-order valence-electron chi connectivity index (χ2n) is 8.34. The first-order valence-electron chi connectivity index (χ1n) is 11.6. The molecule has 3 aromatic rings. The molecular weight excluding hydrogens is 553 g/mol. The molecule has 3 aromatic carbocycles. The lowest BCUT2D eigenvalue weighted by Crippen LogP contribution is -2.39. The Bertz CT molecular complexity index is 1320. The molecule has 6 nitrogen and oxygen atoms in total. The second kappa shape index (κ2) is 12.1. The Hall–Kier alpha value is -2.84. The Morgan fingerprint density at radius 1 is 1.03 bits per heavy atom. The van der Waals surface area contributed by atoms with E-state index in [2.05, 4.69) is 5.32 Å². The lowest BCUT2D eigenvalue weighted by atomic mass is 10.1. The molecule has 4 rings (SSSR count). The number of ether oxygens (including phenoxy) is 1. The number of nitrogens with zero attached hydrogens (tertiary/aromatic N) is 2. The summed E-state index contributed by atoms with van der Waals surface area (Å²) in [6.45, 7) is 2.83. The van der Waals surface area contributed by atoms with Gasteiger partial charge in [-0.3, -0.25) is 14.5 Å². The molecule has 1 saturated heterocycles. The molecule has 0 aliphatic carbocycles. The van der Waals surface area contributed by atoms with E-state index in [0.717, 1.165) is 5.56 Å². The van der Waals surface area contributed by atoms with Gasteiger partial charge in [-0.2, -0.15) is 0 Å². The maximum Gasteiger partial charge on any atom is 0.256 e. The first-order valence-corrected chi connectivity index (χ1v) is 13.2. The van der Waals surface area contributed by atoms with Gasteiger partial charge in [-0.05, 0) is 85.7 Å². The van der Waals surface area contributed by atoms with Crippen molar-refractivity contribution in [1.29, 1.82) is 0 Å². The van der Waals surface area contributed by atoms with Crippen molar-refractivity contribution in [3.05, 3.63) is 87.4 Å². The van der Waals surface area contributed by atoms with Gasteiger partial charge in [0, 0.05) is 27.3 Å². The third-order valence-corrected chi connectivity index (χ3v) is 7.09. The van der Waals surface area contributed by atoms with Gasteiger partial charge in [0.1, 0.15) is 11.8 Å². The Balaban J connectivity index is 1.54. The van der Waals surface area contributed by atoms with Gasteiger partial charge in [0.15, 0.2) is 5.11 Å². The van der Waals surface area contributed by atoms with Gasteiger partial charge < -0.3 is 15.0 Å². The van der Waals surface area contributed by atoms with Crippen molar-refractivity contribution in [2.45, 2.75) is 25.8 Å². The summed E-state index contributed by atoms with van der Waals surface area (Å²) in [6, 6.07) is 18.4. The highest BCUT2D eigenvalue weighted by atomic mass is 35.5. The molecule has 1 N–H and O–H groups in total. The highest BCUT2D eigenvalue weighted by molar-refractivity contribution is 7.80. The zero-order valence-corrected chi connectivity index (χ0v) is 23.0. The van der Waals surface area contributed by atoms with Crippen molar-refractivity contribution in [3.8, 4) is 5.75 Å². The van der Waals surface area contributed by atoms with E-state index in [4.69, 9.17) is 51.8 Å². The number of thiocarbonyl (C=S) groups is 1. The van der Waals surface area contributed by atoms with Crippen LogP contribution < -0.4 is 15.0 Å². The van der Waals surface area contributed by atoms with Crippen LogP contribution in [0.25, 0.3) is 0 Å². The van der Waals surface area contributed by atoms with Crippen LogP contribution in [0.4, 0.5) is 11.4 Å². The van der Waals surface area contributed by atoms with Crippen molar-refractivity contribution >= 4 is 75.3 Å². The SMILES string of the molecule is CCOc1ccc(NC(=O)CC2C(=O)N(c3cccc(Cl)c3)C(=S)N2CCc2ccc(Cl)cc2Cl)cc1. The van der Waals surface area contributed by atoms with Gasteiger partial charge in [0.25, 0.3) is 5.91 Å². The van der Waals surface area contributed by atoms with Gasteiger partial charge in [0.05, 0.1) is 18.7 Å². The lowest BCUT2D eigenvalue weighted by Gasteiger charge is -2.24. The first kappa shape index (κ1) is 27.2. The summed E-state index contributed by atoms with van der Waals surface area (Å²) < 4.78 is 5.44. The number of benzene rings is 3. The molecule has 1 fully saturated rings. The molecule has 0 radical (unpaired) electrons. The standard InChI is InChI=1S/C27H24Cl3N3O3S/c1-2-36-22-10-8-20(9-11-22)31-25(34)16-24-26(35)33(21-5-3-4-18(28)14-21)27(37)32(24)13-12-17-6-7-19(29)15-23(17)30/h3-11,14-15,24H,2,12-13,16H2,1H3,(H,31,34). The summed E-state index contributed by atoms with van der Waals surface area (Å²) in [7, 11) is 0. The summed E-state index contributed by atoms with van der Waals surface area (Å²) in [5.74, 6) is 0.102. The fourth-order valence-corrected chi connectivity index (χ4v) is 5.20. The Morgan fingerprint density at radius 2 is 1.76 bits per heavy atom. The van der Waals surface area contributed by atoms with Gasteiger partial charge in [-0.15, -0.1) is 0 Å². The van der Waals surface area contributed by atoms with Crippen molar-refractivity contribution in [2.24, 2.45) is 0 Å². The Labute approximate surface area is 236 Å². The monoisotopic (exact) mass is 575 g/mol. The van der Waals surface area contributed by atoms with E-state index < -0.39 is 6.04 Å². The fraction of sp³-hybridized carbons (Fsp3) is 0.222. The largest absolute Gasteiger partial charge is 0.494 e. The van der Waals surface area contributed by atoms with E-state index in [1.807, 2.05) is 13.0 Å². The molecule has 1 heterocycles. The van der Waals surface area contributed by atoms with Crippen LogP contribution in [-0.4, -0.2) is 41.0 Å². The van der Waals surface area contributed by atoms with Crippen molar-refractivity contribution in [1.82, 2.24) is 4.90 Å². The van der Waals surface area contributed by atoms with Crippen LogP contribution in [0, 0.1) is 0 Å². The average molecular weight is 577 g/mol. The normalized spacial score (nSPS) is 15.3. The first-order chi connectivity index (χ1) is 17.8. The minimum atomic E-state index is -0.791. The molecule has 192 valence electrons. The van der Waals surface area contributed by atoms with Gasteiger partial charge in [-0.25, -0.2) is 0 Å². The average Bonchev–Trinajstić information content (AvgIpc) is 3.08. The molecule has 0 bridgehead atoms. The van der Waals surface area contributed by atoms with E-state index in [9.17, 15) is 9.59 Å². The molecule has 0 saturated carbocycles. The summed E-state index contributed by atoms with van der Waals surface area (Å²) >= 11 is 24.3. The van der Waals surface area contributed by atoms with Gasteiger partial charge in [0.2, 0.25) is 5.91 Å². The number of nitrogens with one attached hydrogen (secondary N) is 1. The molecule has 37 heavy (non-hydrogen) atoms. The molecule has 0 spiro atoms. The highest BCUT2D eigenvalue weighted by Gasteiger charge is 2.44. The van der Waals surface area contributed by atoms with Crippen LogP contribution in [0.15, 0.2) is 66.7 Å². The predicted octanol–water partition coefficient (Wildman–Crippen LogP) is 6.62. The van der Waals surface area contributed by atoms with Crippen molar-refractivity contribution in [3.63, 3.8) is 0 Å². The predicted molar refractivity (Wildman–Crippen MR) is 153 cm³/mol. The minimum Gasteiger partial charge on any atom is -0.494 e. The number of carbonyl (C=O) groups excluding carboxylic acids is 2. The van der Waals surface area contributed by atoms with Crippen molar-refractivity contribution < 1.29 is 14.3 Å². The number of rotatable bonds is 9. The summed E-state index contributed by atoms with van der Waals surface area (Å²) in [5, 5.41) is 4.70. The zero-order valence-electron chi connectivity index (χ0n) is 19.9. The third kappa shape index (κ3) is 6.54. The summed E-state index contributed by atoms with van der Waals surface area (Å²) in [5.41, 5.74) is 2.01. The molecule has 1 atom stereocenters. The number of halogens is 3. The minimum absolute atomic E-state index is 0.0857. The van der Waals surface area contributed by atoms with Gasteiger partial charge in [-0.1, -0.05) is 46.9 Å². The molecule has 1 aliphatic heterocycles. The number of amides is 2. The third-order valence-electron chi connectivity index (χ3n) is 5.85. The molecule has 1 unspecified atom stereocenters. The maximum atomic E-state index is 13.6. The smallest absolute Gasteiger partial charge is 0.256 e. The fourth-order valence-electron chi connectivity index (χ4n) is 4.09. The topological polar surface area (TPSA) is 61.9 Å². The zero-order chi connectivity index (χ0) is 26.5. The van der Waals surface area contributed by atoms with E-state index in [0.29, 0.717) is 56.9 Å². The Morgan fingerprint density at radius 3 is 2.43 bits per heavy atom.